The van der Waals surface area contributed by atoms with Gasteiger partial charge in [-0.1, -0.05) is 316 Å². The number of unbranched alkanes of at least 4 members (excludes halogenated alkanes) is 42. The Labute approximate surface area is 573 Å². The summed E-state index contributed by atoms with van der Waals surface area (Å²) >= 11 is 0. The molecule has 0 aromatic heterocycles. The summed E-state index contributed by atoms with van der Waals surface area (Å²) in [7, 11) is -9.92. The Morgan fingerprint density at radius 3 is 0.872 bits per heavy atom. The van der Waals surface area contributed by atoms with Gasteiger partial charge in [0, 0.05) is 25.7 Å². The molecule has 0 aromatic carbocycles. The first-order valence-corrected chi connectivity index (χ1v) is 41.4. The third-order valence-electron chi connectivity index (χ3n) is 16.9. The number of hydrogen-bond donors (Lipinski definition) is 3. The molecule has 0 amide bonds. The predicted octanol–water partition coefficient (Wildman–Crippen LogP) is 21.6. The van der Waals surface area contributed by atoms with Gasteiger partial charge in [-0.05, 0) is 57.3 Å². The molecule has 2 unspecified atom stereocenters. The summed E-state index contributed by atoms with van der Waals surface area (Å²) in [6.07, 6.45) is 58.9. The van der Waals surface area contributed by atoms with E-state index in [0.717, 1.165) is 109 Å². The van der Waals surface area contributed by atoms with Crippen LogP contribution in [0.1, 0.15) is 369 Å². The van der Waals surface area contributed by atoms with Crippen molar-refractivity contribution in [3.05, 3.63) is 24.3 Å². The Hall–Kier alpha value is -2.46. The molecule has 0 aliphatic heterocycles. The number of phosphoric ester groups is 2. The summed E-state index contributed by atoms with van der Waals surface area (Å²) in [4.78, 5) is 72.8. The maximum absolute atomic E-state index is 13.1. The summed E-state index contributed by atoms with van der Waals surface area (Å²) in [6, 6.07) is 0. The number of aliphatic hydroxyl groups is 1. The van der Waals surface area contributed by atoms with Crippen molar-refractivity contribution in [2.45, 2.75) is 387 Å². The molecule has 17 nitrogen and oxygen atoms in total. The molecule has 0 fully saturated rings. The summed E-state index contributed by atoms with van der Waals surface area (Å²) in [5.74, 6) is -1.36. The zero-order chi connectivity index (χ0) is 69.1. The van der Waals surface area contributed by atoms with Crippen LogP contribution >= 0.6 is 15.6 Å². The summed E-state index contributed by atoms with van der Waals surface area (Å²) < 4.78 is 68.4. The lowest BCUT2D eigenvalue weighted by Gasteiger charge is -2.21. The van der Waals surface area contributed by atoms with Crippen molar-refractivity contribution in [1.82, 2.24) is 0 Å². The number of esters is 4. The highest BCUT2D eigenvalue weighted by Gasteiger charge is 2.30. The Bertz CT molecular complexity index is 1900. The lowest BCUT2D eigenvalue weighted by molar-refractivity contribution is -0.161. The third-order valence-corrected chi connectivity index (χ3v) is 18.8. The van der Waals surface area contributed by atoms with Crippen molar-refractivity contribution < 1.29 is 80.2 Å². The first-order chi connectivity index (χ1) is 45.5. The average molecular weight is 1380 g/mol. The summed E-state index contributed by atoms with van der Waals surface area (Å²) in [6.45, 7) is 7.23. The van der Waals surface area contributed by atoms with E-state index in [1.165, 1.54) is 180 Å². The molecule has 0 aliphatic carbocycles. The van der Waals surface area contributed by atoms with Gasteiger partial charge in [0.25, 0.3) is 0 Å². The fourth-order valence-electron chi connectivity index (χ4n) is 11.0. The molecule has 0 bridgehead atoms. The summed E-state index contributed by atoms with van der Waals surface area (Å²) in [5, 5.41) is 10.6. The second-order valence-electron chi connectivity index (χ2n) is 26.8. The fourth-order valence-corrected chi connectivity index (χ4v) is 12.6. The van der Waals surface area contributed by atoms with Gasteiger partial charge in [0.15, 0.2) is 12.2 Å². The molecule has 0 radical (unpaired) electrons. The number of carbonyl (C=O) groups excluding carboxylic acids is 4. The van der Waals surface area contributed by atoms with Crippen molar-refractivity contribution in [2.24, 2.45) is 5.92 Å². The minimum atomic E-state index is -4.96. The van der Waals surface area contributed by atoms with Gasteiger partial charge in [0.2, 0.25) is 0 Å². The number of allylic oxidation sites excluding steroid dienone is 4. The van der Waals surface area contributed by atoms with Crippen LogP contribution in [-0.4, -0.2) is 96.7 Å². The third kappa shape index (κ3) is 68.1. The highest BCUT2D eigenvalue weighted by molar-refractivity contribution is 7.47. The van der Waals surface area contributed by atoms with Crippen molar-refractivity contribution in [2.75, 3.05) is 39.6 Å². The molecule has 0 spiro atoms. The monoisotopic (exact) mass is 1380 g/mol. The SMILES string of the molecule is CCCCCC/C=C\C=C/CCCCCCCC(=O)O[C@H](COC(=O)CCCCCCCCCCCCCCC(C)C)COP(=O)(O)OC[C@@H](O)COP(=O)(O)OC[C@@H](COC(=O)CCCCCCCCCCCCC)OC(=O)CCCCCCCCCCCCCCC. The van der Waals surface area contributed by atoms with E-state index in [-0.39, 0.29) is 25.7 Å². The van der Waals surface area contributed by atoms with E-state index in [9.17, 15) is 43.2 Å². The molecule has 0 aliphatic rings. The van der Waals surface area contributed by atoms with Crippen LogP contribution in [0.5, 0.6) is 0 Å². The Morgan fingerprint density at radius 1 is 0.330 bits per heavy atom. The quantitative estimate of drug-likeness (QED) is 0.0169. The second kappa shape index (κ2) is 67.7. The van der Waals surface area contributed by atoms with E-state index in [0.29, 0.717) is 25.7 Å². The van der Waals surface area contributed by atoms with E-state index < -0.39 is 97.5 Å². The molecular formula is C75H142O17P2. The van der Waals surface area contributed by atoms with Crippen molar-refractivity contribution in [3.8, 4) is 0 Å². The van der Waals surface area contributed by atoms with Gasteiger partial charge in [-0.3, -0.25) is 37.3 Å². The average Bonchev–Trinajstić information content (AvgIpc) is 1.31. The van der Waals surface area contributed by atoms with E-state index in [1.54, 1.807) is 0 Å². The molecule has 0 saturated carbocycles. The number of carbonyl (C=O) groups is 4. The second-order valence-corrected chi connectivity index (χ2v) is 29.7. The topological polar surface area (TPSA) is 237 Å². The molecule has 0 aromatic rings. The minimum Gasteiger partial charge on any atom is -0.462 e. The lowest BCUT2D eigenvalue weighted by Crippen LogP contribution is -2.30. The molecule has 0 rings (SSSR count). The maximum Gasteiger partial charge on any atom is 0.472 e. The van der Waals surface area contributed by atoms with Gasteiger partial charge in [-0.25, -0.2) is 9.13 Å². The first kappa shape index (κ1) is 91.5. The Kier molecular flexibility index (Phi) is 65.9. The van der Waals surface area contributed by atoms with Gasteiger partial charge in [0.05, 0.1) is 26.4 Å². The number of hydrogen-bond acceptors (Lipinski definition) is 15. The fraction of sp³-hybridized carbons (Fsp3) is 0.893. The van der Waals surface area contributed by atoms with Gasteiger partial charge in [0.1, 0.15) is 19.3 Å². The molecule has 3 N–H and O–H groups in total. The van der Waals surface area contributed by atoms with Gasteiger partial charge in [-0.15, -0.1) is 0 Å². The lowest BCUT2D eigenvalue weighted by atomic mass is 10.0. The molecule has 0 saturated heterocycles. The van der Waals surface area contributed by atoms with Crippen LogP contribution in [0.25, 0.3) is 0 Å². The van der Waals surface area contributed by atoms with Gasteiger partial charge in [-0.2, -0.15) is 0 Å². The molecule has 19 heteroatoms. The van der Waals surface area contributed by atoms with Gasteiger partial charge < -0.3 is 33.8 Å². The van der Waals surface area contributed by atoms with Crippen LogP contribution in [0.2, 0.25) is 0 Å². The van der Waals surface area contributed by atoms with Crippen LogP contribution in [0.3, 0.4) is 0 Å². The molecule has 5 atom stereocenters. The zero-order valence-corrected chi connectivity index (χ0v) is 62.4. The van der Waals surface area contributed by atoms with Gasteiger partial charge >= 0.3 is 39.5 Å². The smallest absolute Gasteiger partial charge is 0.462 e. The van der Waals surface area contributed by atoms with E-state index >= 15 is 0 Å². The van der Waals surface area contributed by atoms with Crippen molar-refractivity contribution in [1.29, 1.82) is 0 Å². The van der Waals surface area contributed by atoms with Crippen molar-refractivity contribution >= 4 is 39.5 Å². The normalized spacial score (nSPS) is 14.1. The minimum absolute atomic E-state index is 0.0854. The molecule has 94 heavy (non-hydrogen) atoms. The van der Waals surface area contributed by atoms with Crippen LogP contribution in [-0.2, 0) is 65.4 Å². The van der Waals surface area contributed by atoms with E-state index in [4.69, 9.17) is 37.0 Å². The number of aliphatic hydroxyl groups excluding tert-OH is 1. The molecular weight excluding hydrogens is 1230 g/mol. The van der Waals surface area contributed by atoms with Crippen LogP contribution in [0, 0.1) is 5.92 Å². The predicted molar refractivity (Wildman–Crippen MR) is 381 cm³/mol. The van der Waals surface area contributed by atoms with Crippen LogP contribution in [0.4, 0.5) is 0 Å². The van der Waals surface area contributed by atoms with Crippen molar-refractivity contribution in [3.63, 3.8) is 0 Å². The van der Waals surface area contributed by atoms with E-state index in [2.05, 4.69) is 58.9 Å². The Balaban J connectivity index is 5.29. The highest BCUT2D eigenvalue weighted by Crippen LogP contribution is 2.45. The zero-order valence-electron chi connectivity index (χ0n) is 60.6. The van der Waals surface area contributed by atoms with E-state index in [1.807, 2.05) is 0 Å². The number of phosphoric acid groups is 2. The van der Waals surface area contributed by atoms with Crippen LogP contribution in [0.15, 0.2) is 24.3 Å². The highest BCUT2D eigenvalue weighted by atomic mass is 31.2. The maximum atomic E-state index is 13.1. The first-order valence-electron chi connectivity index (χ1n) is 38.5. The largest absolute Gasteiger partial charge is 0.472 e. The molecule has 554 valence electrons. The Morgan fingerprint density at radius 2 is 0.574 bits per heavy atom. The number of ether oxygens (including phenoxy) is 4. The summed E-state index contributed by atoms with van der Waals surface area (Å²) in [5.41, 5.74) is 0. The standard InChI is InChI=1S/C75H142O17P2/c1-6-9-12-15-18-21-24-26-27-29-36-41-46-51-56-61-75(80)92-71(65-86-73(78)59-54-49-44-39-34-31-30-33-37-42-47-52-57-68(4)5)67-90-94(83,84)88-63-69(76)62-87-93(81,82)89-66-70(64-85-72(77)58-53-48-43-38-32-23-20-17-14-11-8-3)91-74(79)60-55-50-45-40-35-28-25-22-19-16-13-10-7-2/h21,24,26-27,68-71,76H,6-20,22-23,25,28-67H2,1-5H3,(H,81,82)(H,83,84)/b24-21-,27-26-/t69-,70+,71+/m0/s1. The van der Waals surface area contributed by atoms with Crippen LogP contribution < -0.4 is 0 Å². The number of rotatable bonds is 73. The molecule has 0 heterocycles.